The number of thiazole rings is 1. The van der Waals surface area contributed by atoms with Gasteiger partial charge in [-0.1, -0.05) is 44.2 Å². The van der Waals surface area contributed by atoms with E-state index in [0.717, 1.165) is 28.0 Å². The molecule has 0 saturated carbocycles. The van der Waals surface area contributed by atoms with Crippen LogP contribution in [0, 0.1) is 19.8 Å². The van der Waals surface area contributed by atoms with Crippen LogP contribution < -0.4 is 9.04 Å². The molecule has 1 heterocycles. The first-order valence-electron chi connectivity index (χ1n) is 9.49. The zero-order valence-electron chi connectivity index (χ0n) is 17.1. The highest BCUT2D eigenvalue weighted by molar-refractivity contribution is 7.94. The van der Waals surface area contributed by atoms with Crippen LogP contribution in [0.15, 0.2) is 58.4 Å². The monoisotopic (exact) mass is 430 g/mol. The SMILES string of the molecule is Cc1cc(OCc2ccccc2)c(N(CC(C)C)S(=O)(=O)c2nccs2)cc1C. The summed E-state index contributed by atoms with van der Waals surface area (Å²) in [7, 11) is -3.78. The number of benzene rings is 2. The molecule has 0 amide bonds. The number of rotatable bonds is 8. The van der Waals surface area contributed by atoms with Crippen LogP contribution in [0.5, 0.6) is 5.75 Å². The number of hydrogen-bond donors (Lipinski definition) is 0. The molecule has 0 aliphatic rings. The Bertz CT molecular complexity index is 1050. The van der Waals surface area contributed by atoms with Crippen LogP contribution in [0.1, 0.15) is 30.5 Å². The zero-order valence-corrected chi connectivity index (χ0v) is 18.8. The van der Waals surface area contributed by atoms with Gasteiger partial charge in [0.25, 0.3) is 10.0 Å². The molecule has 3 rings (SSSR count). The third-order valence-electron chi connectivity index (χ3n) is 4.53. The highest BCUT2D eigenvalue weighted by Gasteiger charge is 2.30. The van der Waals surface area contributed by atoms with E-state index in [1.165, 1.54) is 10.5 Å². The van der Waals surface area contributed by atoms with Crippen molar-refractivity contribution in [3.05, 3.63) is 70.7 Å². The van der Waals surface area contributed by atoms with Crippen molar-refractivity contribution in [2.24, 2.45) is 5.92 Å². The largest absolute Gasteiger partial charge is 0.487 e. The Morgan fingerprint density at radius 1 is 1.10 bits per heavy atom. The quantitative estimate of drug-likeness (QED) is 0.493. The van der Waals surface area contributed by atoms with E-state index in [9.17, 15) is 8.42 Å². The summed E-state index contributed by atoms with van der Waals surface area (Å²) in [5, 5.41) is 1.67. The molecule has 2 aromatic carbocycles. The summed E-state index contributed by atoms with van der Waals surface area (Å²) in [5.41, 5.74) is 3.63. The van der Waals surface area contributed by atoms with Crippen molar-refractivity contribution >= 4 is 27.0 Å². The second kappa shape index (κ2) is 8.97. The number of nitrogens with zero attached hydrogens (tertiary/aromatic N) is 2. The van der Waals surface area contributed by atoms with Crippen LogP contribution >= 0.6 is 11.3 Å². The van der Waals surface area contributed by atoms with Gasteiger partial charge in [0.05, 0.1) is 5.69 Å². The van der Waals surface area contributed by atoms with Gasteiger partial charge in [-0.25, -0.2) is 4.98 Å². The molecule has 154 valence electrons. The zero-order chi connectivity index (χ0) is 21.0. The van der Waals surface area contributed by atoms with E-state index < -0.39 is 10.0 Å². The van der Waals surface area contributed by atoms with Gasteiger partial charge >= 0.3 is 0 Å². The minimum atomic E-state index is -3.78. The maximum Gasteiger partial charge on any atom is 0.291 e. The van der Waals surface area contributed by atoms with Gasteiger partial charge in [-0.3, -0.25) is 4.31 Å². The third-order valence-corrected chi connectivity index (χ3v) is 7.49. The molecule has 0 aliphatic carbocycles. The van der Waals surface area contributed by atoms with Crippen molar-refractivity contribution < 1.29 is 13.2 Å². The first-order valence-corrected chi connectivity index (χ1v) is 11.8. The molecule has 0 fully saturated rings. The van der Waals surface area contributed by atoms with Crippen molar-refractivity contribution in [3.8, 4) is 5.75 Å². The Morgan fingerprint density at radius 2 is 1.79 bits per heavy atom. The van der Waals surface area contributed by atoms with Gasteiger partial charge < -0.3 is 4.74 Å². The fourth-order valence-corrected chi connectivity index (χ4v) is 5.47. The van der Waals surface area contributed by atoms with Gasteiger partial charge in [0.2, 0.25) is 4.34 Å². The van der Waals surface area contributed by atoms with Crippen LogP contribution in [0.3, 0.4) is 0 Å². The van der Waals surface area contributed by atoms with E-state index in [4.69, 9.17) is 4.74 Å². The Morgan fingerprint density at radius 3 is 2.41 bits per heavy atom. The smallest absolute Gasteiger partial charge is 0.291 e. The van der Waals surface area contributed by atoms with Gasteiger partial charge in [-0.05, 0) is 48.6 Å². The number of aryl methyl sites for hydroxylation is 2. The predicted octanol–water partition coefficient (Wildman–Crippen LogP) is 5.19. The molecule has 3 aromatic rings. The highest BCUT2D eigenvalue weighted by Crippen LogP contribution is 2.36. The Labute approximate surface area is 177 Å². The molecule has 0 atom stereocenters. The standard InChI is InChI=1S/C22H26N2O3S2/c1-16(2)14-24(29(25,26)22-23-10-11-28-22)20-12-17(3)18(4)13-21(20)27-15-19-8-6-5-7-9-19/h5-13,16H,14-15H2,1-4H3. The minimum Gasteiger partial charge on any atom is -0.487 e. The molecule has 0 saturated heterocycles. The highest BCUT2D eigenvalue weighted by atomic mass is 32.2. The van der Waals surface area contributed by atoms with Crippen molar-refractivity contribution in [2.45, 2.75) is 38.6 Å². The van der Waals surface area contributed by atoms with E-state index in [1.807, 2.05) is 70.2 Å². The normalized spacial score (nSPS) is 11.6. The topological polar surface area (TPSA) is 59.5 Å². The second-order valence-corrected chi connectivity index (χ2v) is 10.3. The molecule has 0 unspecified atom stereocenters. The number of aromatic nitrogens is 1. The van der Waals surface area contributed by atoms with Crippen LogP contribution in [0.2, 0.25) is 0 Å². The summed E-state index contributed by atoms with van der Waals surface area (Å²) in [6.07, 6.45) is 1.51. The van der Waals surface area contributed by atoms with Crippen LogP contribution in [0.25, 0.3) is 0 Å². The van der Waals surface area contributed by atoms with E-state index in [0.29, 0.717) is 24.6 Å². The summed E-state index contributed by atoms with van der Waals surface area (Å²) >= 11 is 1.12. The molecule has 0 bridgehead atoms. The molecule has 5 nitrogen and oxygen atoms in total. The minimum absolute atomic E-state index is 0.0883. The molecule has 0 spiro atoms. The molecule has 0 N–H and O–H groups in total. The van der Waals surface area contributed by atoms with Gasteiger partial charge in [-0.15, -0.1) is 11.3 Å². The fourth-order valence-electron chi connectivity index (χ4n) is 2.91. The lowest BCUT2D eigenvalue weighted by Gasteiger charge is -2.27. The van der Waals surface area contributed by atoms with Crippen LogP contribution in [-0.4, -0.2) is 19.9 Å². The summed E-state index contributed by atoms with van der Waals surface area (Å²) in [4.78, 5) is 4.05. The van der Waals surface area contributed by atoms with Gasteiger partial charge in [0.1, 0.15) is 12.4 Å². The van der Waals surface area contributed by atoms with E-state index in [1.54, 1.807) is 5.38 Å². The Kier molecular flexibility index (Phi) is 6.59. The summed E-state index contributed by atoms with van der Waals surface area (Å²) in [5.74, 6) is 0.686. The molecular weight excluding hydrogens is 404 g/mol. The van der Waals surface area contributed by atoms with Crippen molar-refractivity contribution in [3.63, 3.8) is 0 Å². The number of anilines is 1. The molecular formula is C22H26N2O3S2. The van der Waals surface area contributed by atoms with Crippen LogP contribution in [-0.2, 0) is 16.6 Å². The first kappa shape index (κ1) is 21.3. The summed E-state index contributed by atoms with van der Waals surface area (Å²) in [6, 6.07) is 13.6. The first-order chi connectivity index (χ1) is 13.8. The lowest BCUT2D eigenvalue weighted by atomic mass is 10.1. The number of sulfonamides is 1. The lowest BCUT2D eigenvalue weighted by Crippen LogP contribution is -2.34. The average molecular weight is 431 g/mol. The van der Waals surface area contributed by atoms with E-state index in [2.05, 4.69) is 4.98 Å². The number of ether oxygens (including phenoxy) is 1. The summed E-state index contributed by atoms with van der Waals surface area (Å²) in [6.45, 7) is 8.67. The number of hydrogen-bond acceptors (Lipinski definition) is 5. The molecule has 29 heavy (non-hydrogen) atoms. The van der Waals surface area contributed by atoms with Gasteiger partial charge in [0.15, 0.2) is 0 Å². The Hall–Kier alpha value is -2.38. The Balaban J connectivity index is 2.05. The fraction of sp³-hybridized carbons (Fsp3) is 0.318. The molecule has 0 radical (unpaired) electrons. The molecule has 0 aliphatic heterocycles. The third kappa shape index (κ3) is 4.97. The van der Waals surface area contributed by atoms with Gasteiger partial charge in [0, 0.05) is 18.1 Å². The second-order valence-electron chi connectivity index (χ2n) is 7.41. The van der Waals surface area contributed by atoms with Crippen molar-refractivity contribution in [1.29, 1.82) is 0 Å². The maximum absolute atomic E-state index is 13.4. The average Bonchev–Trinajstić information content (AvgIpc) is 3.23. The lowest BCUT2D eigenvalue weighted by molar-refractivity contribution is 0.306. The van der Waals surface area contributed by atoms with E-state index >= 15 is 0 Å². The van der Waals surface area contributed by atoms with Crippen molar-refractivity contribution in [2.75, 3.05) is 10.8 Å². The summed E-state index contributed by atoms with van der Waals surface area (Å²) < 4.78 is 34.4. The predicted molar refractivity (Wildman–Crippen MR) is 118 cm³/mol. The van der Waals surface area contributed by atoms with E-state index in [-0.39, 0.29) is 10.3 Å². The molecule has 7 heteroatoms. The van der Waals surface area contributed by atoms with Crippen molar-refractivity contribution in [1.82, 2.24) is 4.98 Å². The van der Waals surface area contributed by atoms with Gasteiger partial charge in [-0.2, -0.15) is 8.42 Å². The molecule has 1 aromatic heterocycles. The van der Waals surface area contributed by atoms with Crippen LogP contribution in [0.4, 0.5) is 5.69 Å². The maximum atomic E-state index is 13.4.